The molecule has 1 aromatic rings. The summed E-state index contributed by atoms with van der Waals surface area (Å²) >= 11 is 0. The molecule has 0 bridgehead atoms. The number of rotatable bonds is 1. The first-order valence-electron chi connectivity index (χ1n) is 7.34. The quantitative estimate of drug-likeness (QED) is 0.840. The maximum Gasteiger partial charge on any atom is 0.115 e. The largest absolute Gasteiger partial charge is 0.508 e. The van der Waals surface area contributed by atoms with Gasteiger partial charge in [-0.05, 0) is 63.5 Å². The Bertz CT molecular complexity index is 448. The maximum absolute atomic E-state index is 9.67. The zero-order valence-electron chi connectivity index (χ0n) is 11.9. The number of piperidine rings is 2. The van der Waals surface area contributed by atoms with E-state index in [0.717, 1.165) is 5.92 Å². The van der Waals surface area contributed by atoms with Crippen molar-refractivity contribution in [2.45, 2.75) is 31.3 Å². The van der Waals surface area contributed by atoms with Gasteiger partial charge in [-0.25, -0.2) is 0 Å². The average Bonchev–Trinajstić information content (AvgIpc) is 2.39. The van der Waals surface area contributed by atoms with Crippen LogP contribution in [0.25, 0.3) is 0 Å². The van der Waals surface area contributed by atoms with E-state index < -0.39 is 0 Å². The van der Waals surface area contributed by atoms with Gasteiger partial charge in [0.15, 0.2) is 0 Å². The highest BCUT2D eigenvalue weighted by molar-refractivity contribution is 5.30. The lowest BCUT2D eigenvalue weighted by Gasteiger charge is -2.49. The highest BCUT2D eigenvalue weighted by Gasteiger charge is 2.38. The van der Waals surface area contributed by atoms with E-state index in [1.807, 2.05) is 12.1 Å². The van der Waals surface area contributed by atoms with Gasteiger partial charge in [0, 0.05) is 18.6 Å². The molecule has 0 radical (unpaired) electrons. The molecule has 3 rings (SSSR count). The number of phenols is 1. The molecule has 2 aliphatic rings. The number of benzene rings is 1. The summed E-state index contributed by atoms with van der Waals surface area (Å²) in [5, 5.41) is 9.67. The molecule has 0 unspecified atom stereocenters. The molecule has 19 heavy (non-hydrogen) atoms. The summed E-state index contributed by atoms with van der Waals surface area (Å²) in [6, 6.07) is 8.96. The lowest BCUT2D eigenvalue weighted by molar-refractivity contribution is 0.0119. The number of likely N-dealkylation sites (tertiary alicyclic amines) is 2. The Morgan fingerprint density at radius 1 is 1.16 bits per heavy atom. The molecule has 1 aromatic carbocycles. The summed E-state index contributed by atoms with van der Waals surface area (Å²) in [5.74, 6) is 1.20. The van der Waals surface area contributed by atoms with Crippen molar-refractivity contribution < 1.29 is 5.11 Å². The molecule has 1 N–H and O–H groups in total. The second kappa shape index (κ2) is 5.14. The Labute approximate surface area is 115 Å². The molecule has 104 valence electrons. The fourth-order valence-corrected chi connectivity index (χ4v) is 3.96. The number of fused-ring (bicyclic) bond motifs is 1. The van der Waals surface area contributed by atoms with Crippen molar-refractivity contribution >= 4 is 0 Å². The Kier molecular flexibility index (Phi) is 3.50. The SMILES string of the molecule is CN1CC[C@H]2[C@H](CC[C@H](c3cccc(O)c3)N2C)C1. The third-order valence-electron chi connectivity index (χ3n) is 4.98. The summed E-state index contributed by atoms with van der Waals surface area (Å²) in [6.45, 7) is 2.44. The minimum Gasteiger partial charge on any atom is -0.508 e. The number of hydrogen-bond acceptors (Lipinski definition) is 3. The highest BCUT2D eigenvalue weighted by atomic mass is 16.3. The molecule has 0 spiro atoms. The Morgan fingerprint density at radius 3 is 2.79 bits per heavy atom. The average molecular weight is 260 g/mol. The molecular formula is C16H24N2O. The van der Waals surface area contributed by atoms with Crippen LogP contribution in [0.15, 0.2) is 24.3 Å². The smallest absolute Gasteiger partial charge is 0.115 e. The minimum absolute atomic E-state index is 0.386. The van der Waals surface area contributed by atoms with Crippen LogP contribution in [-0.4, -0.2) is 48.1 Å². The Hall–Kier alpha value is -1.06. The summed E-state index contributed by atoms with van der Waals surface area (Å²) in [4.78, 5) is 5.01. The van der Waals surface area contributed by atoms with E-state index in [2.05, 4.69) is 30.0 Å². The van der Waals surface area contributed by atoms with Crippen LogP contribution in [0, 0.1) is 5.92 Å². The van der Waals surface area contributed by atoms with Gasteiger partial charge in [-0.2, -0.15) is 0 Å². The van der Waals surface area contributed by atoms with Gasteiger partial charge in [0.2, 0.25) is 0 Å². The van der Waals surface area contributed by atoms with Crippen molar-refractivity contribution in [2.75, 3.05) is 27.2 Å². The topological polar surface area (TPSA) is 26.7 Å². The van der Waals surface area contributed by atoms with Crippen LogP contribution >= 0.6 is 0 Å². The standard InChI is InChI=1S/C16H24N2O/c1-17-9-8-16-13(11-17)6-7-15(18(16)2)12-4-3-5-14(19)10-12/h3-5,10,13,15-16,19H,6-9,11H2,1-2H3/t13-,15-,16+/m1/s1. The summed E-state index contributed by atoms with van der Waals surface area (Å²) in [5.41, 5.74) is 1.26. The maximum atomic E-state index is 9.67. The van der Waals surface area contributed by atoms with E-state index in [0.29, 0.717) is 17.8 Å². The molecule has 0 saturated carbocycles. The molecule has 2 fully saturated rings. The molecule has 0 amide bonds. The van der Waals surface area contributed by atoms with E-state index in [4.69, 9.17) is 0 Å². The van der Waals surface area contributed by atoms with E-state index >= 15 is 0 Å². The number of aromatic hydroxyl groups is 1. The Morgan fingerprint density at radius 2 is 2.00 bits per heavy atom. The van der Waals surface area contributed by atoms with Crippen molar-refractivity contribution in [1.29, 1.82) is 0 Å². The first-order chi connectivity index (χ1) is 9.15. The van der Waals surface area contributed by atoms with Gasteiger partial charge in [0.1, 0.15) is 5.75 Å². The number of nitrogens with zero attached hydrogens (tertiary/aromatic N) is 2. The molecule has 0 aromatic heterocycles. The van der Waals surface area contributed by atoms with Gasteiger partial charge in [0.05, 0.1) is 0 Å². The fourth-order valence-electron chi connectivity index (χ4n) is 3.96. The second-order valence-electron chi connectivity index (χ2n) is 6.23. The molecule has 2 saturated heterocycles. The van der Waals surface area contributed by atoms with E-state index in [1.54, 1.807) is 6.07 Å². The van der Waals surface area contributed by atoms with E-state index in [1.165, 1.54) is 37.9 Å². The van der Waals surface area contributed by atoms with E-state index in [-0.39, 0.29) is 0 Å². The van der Waals surface area contributed by atoms with E-state index in [9.17, 15) is 5.11 Å². The van der Waals surface area contributed by atoms with Crippen LogP contribution in [0.3, 0.4) is 0 Å². The zero-order chi connectivity index (χ0) is 13.4. The Balaban J connectivity index is 1.79. The molecule has 2 heterocycles. The van der Waals surface area contributed by atoms with Crippen molar-refractivity contribution in [2.24, 2.45) is 5.92 Å². The molecule has 3 heteroatoms. The van der Waals surface area contributed by atoms with Gasteiger partial charge in [-0.1, -0.05) is 12.1 Å². The predicted octanol–water partition coefficient (Wildman–Crippen LogP) is 2.48. The minimum atomic E-state index is 0.386. The van der Waals surface area contributed by atoms with Gasteiger partial charge in [-0.3, -0.25) is 4.90 Å². The predicted molar refractivity (Wildman–Crippen MR) is 77.2 cm³/mol. The van der Waals surface area contributed by atoms with Crippen LogP contribution in [0.2, 0.25) is 0 Å². The number of hydrogen-bond donors (Lipinski definition) is 1. The lowest BCUT2D eigenvalue weighted by atomic mass is 9.80. The normalized spacial score (nSPS) is 33.1. The third-order valence-corrected chi connectivity index (χ3v) is 4.98. The summed E-state index contributed by atoms with van der Waals surface area (Å²) in [6.07, 6.45) is 3.78. The van der Waals surface area contributed by atoms with Crippen LogP contribution in [0.1, 0.15) is 30.9 Å². The van der Waals surface area contributed by atoms with Gasteiger partial charge < -0.3 is 10.0 Å². The van der Waals surface area contributed by atoms with Crippen LogP contribution in [0.4, 0.5) is 0 Å². The number of phenolic OH excluding ortho intramolecular Hbond substituents is 1. The van der Waals surface area contributed by atoms with Crippen LogP contribution in [0.5, 0.6) is 5.75 Å². The van der Waals surface area contributed by atoms with Crippen molar-refractivity contribution in [1.82, 2.24) is 9.80 Å². The first-order valence-corrected chi connectivity index (χ1v) is 7.34. The molecular weight excluding hydrogens is 236 g/mol. The van der Waals surface area contributed by atoms with Crippen molar-refractivity contribution in [3.8, 4) is 5.75 Å². The molecule has 0 aliphatic carbocycles. The molecule has 3 atom stereocenters. The fraction of sp³-hybridized carbons (Fsp3) is 0.625. The summed E-state index contributed by atoms with van der Waals surface area (Å²) in [7, 11) is 4.49. The van der Waals surface area contributed by atoms with Gasteiger partial charge in [0.25, 0.3) is 0 Å². The third kappa shape index (κ3) is 2.49. The van der Waals surface area contributed by atoms with Gasteiger partial charge >= 0.3 is 0 Å². The first kappa shape index (κ1) is 12.9. The highest BCUT2D eigenvalue weighted by Crippen LogP contribution is 2.39. The molecule has 2 aliphatic heterocycles. The second-order valence-corrected chi connectivity index (χ2v) is 6.23. The summed E-state index contributed by atoms with van der Waals surface area (Å²) < 4.78 is 0. The van der Waals surface area contributed by atoms with Crippen molar-refractivity contribution in [3.05, 3.63) is 29.8 Å². The lowest BCUT2D eigenvalue weighted by Crippen LogP contribution is -2.52. The molecule has 3 nitrogen and oxygen atoms in total. The van der Waals surface area contributed by atoms with Crippen molar-refractivity contribution in [3.63, 3.8) is 0 Å². The van der Waals surface area contributed by atoms with Crippen LogP contribution in [-0.2, 0) is 0 Å². The monoisotopic (exact) mass is 260 g/mol. The zero-order valence-corrected chi connectivity index (χ0v) is 11.9. The van der Waals surface area contributed by atoms with Gasteiger partial charge in [-0.15, -0.1) is 0 Å². The van der Waals surface area contributed by atoms with Crippen LogP contribution < -0.4 is 0 Å².